The molecule has 0 saturated carbocycles. The Morgan fingerprint density at radius 2 is 1.51 bits per heavy atom. The fraction of sp³-hybridized carbons (Fsp3) is 0.167. The van der Waals surface area contributed by atoms with Crippen molar-refractivity contribution in [3.05, 3.63) is 108 Å². The highest BCUT2D eigenvalue weighted by molar-refractivity contribution is 5.89. The summed E-state index contributed by atoms with van der Waals surface area (Å²) in [4.78, 5) is 14.6. The molecule has 5 aromatic rings. The molecule has 1 aromatic heterocycles. The lowest BCUT2D eigenvalue weighted by Gasteiger charge is -2.10. The van der Waals surface area contributed by atoms with Gasteiger partial charge in [-0.25, -0.2) is 4.79 Å². The van der Waals surface area contributed by atoms with Gasteiger partial charge in [-0.05, 0) is 48.3 Å². The minimum absolute atomic E-state index is 0.296. The molecule has 0 atom stereocenters. The van der Waals surface area contributed by atoms with Crippen LogP contribution >= 0.6 is 0 Å². The van der Waals surface area contributed by atoms with E-state index < -0.39 is 6.16 Å². The van der Waals surface area contributed by atoms with E-state index in [9.17, 15) is 9.90 Å². The monoisotopic (exact) mass is 465 g/mol. The topological polar surface area (TPSA) is 71.5 Å². The highest BCUT2D eigenvalue weighted by atomic mass is 16.7. The van der Waals surface area contributed by atoms with Gasteiger partial charge in [-0.1, -0.05) is 84.9 Å². The van der Waals surface area contributed by atoms with Gasteiger partial charge in [0.25, 0.3) is 0 Å². The van der Waals surface area contributed by atoms with Crippen molar-refractivity contribution in [2.45, 2.75) is 25.7 Å². The normalized spacial score (nSPS) is 11.1. The smallest absolute Gasteiger partial charge is 0.493 e. The average molecular weight is 466 g/mol. The third-order valence-electron chi connectivity index (χ3n) is 6.28. The Balaban J connectivity index is 1.33. The summed E-state index contributed by atoms with van der Waals surface area (Å²) >= 11 is 0. The van der Waals surface area contributed by atoms with Crippen LogP contribution in [0.15, 0.2) is 91.0 Å². The van der Waals surface area contributed by atoms with Crippen LogP contribution in [0.3, 0.4) is 0 Å². The van der Waals surface area contributed by atoms with Gasteiger partial charge in [-0.2, -0.15) is 0 Å². The number of carbonyl (C=O) groups is 1. The lowest BCUT2D eigenvalue weighted by molar-refractivity contribution is 0.142. The van der Waals surface area contributed by atoms with E-state index in [0.717, 1.165) is 57.8 Å². The van der Waals surface area contributed by atoms with Crippen molar-refractivity contribution in [1.82, 2.24) is 4.98 Å². The van der Waals surface area contributed by atoms with E-state index in [1.54, 1.807) is 0 Å². The quantitative estimate of drug-likeness (QED) is 0.179. The molecule has 0 aliphatic rings. The summed E-state index contributed by atoms with van der Waals surface area (Å²) in [7, 11) is 0. The first kappa shape index (κ1) is 22.5. The van der Waals surface area contributed by atoms with Crippen molar-refractivity contribution in [2.24, 2.45) is 0 Å². The van der Waals surface area contributed by atoms with Crippen LogP contribution in [0.5, 0.6) is 11.6 Å². The van der Waals surface area contributed by atoms with E-state index in [2.05, 4.69) is 41.4 Å². The molecule has 0 spiro atoms. The molecule has 0 bridgehead atoms. The molecule has 1 heterocycles. The van der Waals surface area contributed by atoms with Gasteiger partial charge < -0.3 is 19.6 Å². The lowest BCUT2D eigenvalue weighted by Crippen LogP contribution is -2.06. The van der Waals surface area contributed by atoms with E-state index in [4.69, 9.17) is 9.47 Å². The van der Waals surface area contributed by atoms with E-state index in [1.807, 2.05) is 54.6 Å². The molecule has 5 rings (SSSR count). The van der Waals surface area contributed by atoms with Gasteiger partial charge >= 0.3 is 6.16 Å². The lowest BCUT2D eigenvalue weighted by atomic mass is 10.0. The first-order valence-electron chi connectivity index (χ1n) is 11.9. The minimum Gasteiger partial charge on any atom is -0.493 e. The molecule has 0 unspecified atom stereocenters. The van der Waals surface area contributed by atoms with Crippen LogP contribution in [0.2, 0.25) is 0 Å². The maximum atomic E-state index is 11.4. The first-order valence-corrected chi connectivity index (χ1v) is 11.9. The molecule has 0 amide bonds. The van der Waals surface area contributed by atoms with Crippen LogP contribution in [0, 0.1) is 0 Å². The van der Waals surface area contributed by atoms with Crippen LogP contribution in [0.25, 0.3) is 21.7 Å². The van der Waals surface area contributed by atoms with Gasteiger partial charge in [0.05, 0.1) is 12.1 Å². The second-order valence-corrected chi connectivity index (χ2v) is 8.56. The van der Waals surface area contributed by atoms with Gasteiger partial charge in [0.15, 0.2) is 0 Å². The number of rotatable bonds is 9. The third-order valence-corrected chi connectivity index (χ3v) is 6.28. The Bertz CT molecular complexity index is 1450. The minimum atomic E-state index is -1.32. The molecule has 35 heavy (non-hydrogen) atoms. The Morgan fingerprint density at radius 1 is 0.771 bits per heavy atom. The van der Waals surface area contributed by atoms with Crippen LogP contribution in [0.4, 0.5) is 4.79 Å². The Labute approximate surface area is 203 Å². The number of ether oxygens (including phenoxy) is 2. The molecule has 0 aliphatic heterocycles. The molecule has 0 aliphatic carbocycles. The maximum Gasteiger partial charge on any atom is 0.512 e. The largest absolute Gasteiger partial charge is 0.512 e. The molecule has 0 saturated heterocycles. The molecule has 176 valence electrons. The maximum absolute atomic E-state index is 11.4. The summed E-state index contributed by atoms with van der Waals surface area (Å²) in [5, 5.41) is 12.5. The van der Waals surface area contributed by atoms with Crippen molar-refractivity contribution >= 4 is 27.8 Å². The molecule has 0 radical (unpaired) electrons. The average Bonchev–Trinajstić information content (AvgIpc) is 3.23. The number of hydrogen-bond acceptors (Lipinski definition) is 3. The second kappa shape index (κ2) is 10.3. The van der Waals surface area contributed by atoms with E-state index in [0.29, 0.717) is 18.9 Å². The van der Waals surface area contributed by atoms with Crippen molar-refractivity contribution in [1.29, 1.82) is 0 Å². The number of H-pyrrole nitrogens is 1. The Morgan fingerprint density at radius 3 is 2.37 bits per heavy atom. The van der Waals surface area contributed by atoms with Crippen molar-refractivity contribution < 1.29 is 19.4 Å². The summed E-state index contributed by atoms with van der Waals surface area (Å²) in [6, 6.07) is 30.7. The van der Waals surface area contributed by atoms with Crippen molar-refractivity contribution in [3.8, 4) is 11.6 Å². The number of fused-ring (bicyclic) bond motifs is 2. The number of carboxylic acid groups (broad SMARTS) is 1. The van der Waals surface area contributed by atoms with Crippen molar-refractivity contribution in [3.63, 3.8) is 0 Å². The number of aromatic amines is 1. The number of hydrogen-bond donors (Lipinski definition) is 2. The fourth-order valence-corrected chi connectivity index (χ4v) is 4.62. The zero-order chi connectivity index (χ0) is 24.0. The molecule has 4 aromatic carbocycles. The molecular weight excluding hydrogens is 438 g/mol. The summed E-state index contributed by atoms with van der Waals surface area (Å²) in [5.74, 6) is 1.15. The van der Waals surface area contributed by atoms with E-state index in [1.165, 1.54) is 5.56 Å². The van der Waals surface area contributed by atoms with Gasteiger partial charge in [0, 0.05) is 16.3 Å². The van der Waals surface area contributed by atoms with E-state index >= 15 is 0 Å². The predicted octanol–water partition coefficient (Wildman–Crippen LogP) is 7.17. The van der Waals surface area contributed by atoms with Crippen LogP contribution < -0.4 is 9.47 Å². The van der Waals surface area contributed by atoms with Gasteiger partial charge in [0.1, 0.15) is 5.75 Å². The molecule has 5 heteroatoms. The number of para-hydroxylation sites is 1. The zero-order valence-corrected chi connectivity index (χ0v) is 19.4. The molecule has 5 nitrogen and oxygen atoms in total. The summed E-state index contributed by atoms with van der Waals surface area (Å²) in [5.41, 5.74) is 4.21. The standard InChI is InChI=1S/C30H27NO4/c32-30(33)35-29-26(16-8-20-34-27-17-7-12-22-11-4-5-14-24(22)27)25-15-6-13-23(28(25)31-29)19-18-21-9-2-1-3-10-21/h1-7,9-15,17,31H,8,16,18-20H2,(H,32,33). The van der Waals surface area contributed by atoms with Crippen LogP contribution in [-0.2, 0) is 19.3 Å². The van der Waals surface area contributed by atoms with Gasteiger partial charge in [-0.15, -0.1) is 0 Å². The zero-order valence-electron chi connectivity index (χ0n) is 19.4. The number of aromatic nitrogens is 1. The third kappa shape index (κ3) is 5.14. The van der Waals surface area contributed by atoms with Crippen LogP contribution in [0.1, 0.15) is 23.1 Å². The SMILES string of the molecule is O=C(O)Oc1[nH]c2c(CCc3ccccc3)cccc2c1CCCOc1cccc2ccccc12. The molecule has 2 N–H and O–H groups in total. The highest BCUT2D eigenvalue weighted by Crippen LogP contribution is 2.32. The number of aryl methyl sites for hydroxylation is 3. The Hall–Kier alpha value is -4.25. The van der Waals surface area contributed by atoms with Crippen molar-refractivity contribution in [2.75, 3.05) is 6.61 Å². The van der Waals surface area contributed by atoms with Crippen LogP contribution in [-0.4, -0.2) is 22.9 Å². The highest BCUT2D eigenvalue weighted by Gasteiger charge is 2.17. The van der Waals surface area contributed by atoms with Gasteiger partial charge in [0.2, 0.25) is 5.88 Å². The molecular formula is C30H27NO4. The summed E-state index contributed by atoms with van der Waals surface area (Å²) < 4.78 is 11.2. The summed E-state index contributed by atoms with van der Waals surface area (Å²) in [6.45, 7) is 0.515. The second-order valence-electron chi connectivity index (χ2n) is 8.56. The Kier molecular flexibility index (Phi) is 6.66. The summed E-state index contributed by atoms with van der Waals surface area (Å²) in [6.07, 6.45) is 1.78. The fourth-order valence-electron chi connectivity index (χ4n) is 4.62. The molecule has 0 fully saturated rings. The first-order chi connectivity index (χ1) is 17.2. The predicted molar refractivity (Wildman–Crippen MR) is 139 cm³/mol. The number of nitrogens with one attached hydrogen (secondary N) is 1. The van der Waals surface area contributed by atoms with E-state index in [-0.39, 0.29) is 0 Å². The number of benzene rings is 4. The van der Waals surface area contributed by atoms with Gasteiger partial charge in [-0.3, -0.25) is 0 Å².